The standard InChI is InChI=1S/C84H164O17P2/c1-9-77(8)63-55-47-38-31-27-23-19-15-11-13-17-21-25-29-33-41-50-58-66-83(88)100-79(70-94-81(86)64-56-48-39-35-34-37-45-53-61-75(4)5)72-98-102(90,91)96-68-78(85)69-97-103(92,93)99-73-80(71-95-82(87)65-57-49-43-42-46-54-62-76(6)7)101-84(89)67-59-51-40-32-28-24-20-16-12-10-14-18-22-26-30-36-44-52-60-74(2)3/h74-80,85H,9-73H2,1-8H3,(H,90,91)(H,92,93)/t77?,78?,79-,80-/m1/s1. The van der Waals surface area contributed by atoms with Crippen LogP contribution in [0.3, 0.4) is 0 Å². The van der Waals surface area contributed by atoms with Gasteiger partial charge in [-0.25, -0.2) is 9.13 Å². The zero-order chi connectivity index (χ0) is 76.0. The summed E-state index contributed by atoms with van der Waals surface area (Å²) in [5.41, 5.74) is 0. The van der Waals surface area contributed by atoms with E-state index in [0.717, 1.165) is 114 Å². The number of hydrogen-bond acceptors (Lipinski definition) is 15. The van der Waals surface area contributed by atoms with Gasteiger partial charge in [-0.2, -0.15) is 0 Å². The zero-order valence-corrected chi connectivity index (χ0v) is 69.7. The van der Waals surface area contributed by atoms with E-state index in [1.165, 1.54) is 231 Å². The Morgan fingerprint density at radius 1 is 0.272 bits per heavy atom. The van der Waals surface area contributed by atoms with Gasteiger partial charge in [0.05, 0.1) is 26.4 Å². The molecule has 0 rings (SSSR count). The molecule has 6 atom stereocenters. The van der Waals surface area contributed by atoms with Crippen LogP contribution >= 0.6 is 15.6 Å². The van der Waals surface area contributed by atoms with Crippen molar-refractivity contribution in [3.8, 4) is 0 Å². The average molecular weight is 1510 g/mol. The van der Waals surface area contributed by atoms with E-state index in [1.54, 1.807) is 0 Å². The first-order chi connectivity index (χ1) is 49.6. The number of phosphoric acid groups is 2. The van der Waals surface area contributed by atoms with Crippen molar-refractivity contribution in [3.63, 3.8) is 0 Å². The van der Waals surface area contributed by atoms with Gasteiger partial charge in [-0.05, 0) is 49.4 Å². The Morgan fingerprint density at radius 2 is 0.466 bits per heavy atom. The lowest BCUT2D eigenvalue weighted by Gasteiger charge is -2.21. The smallest absolute Gasteiger partial charge is 0.462 e. The second kappa shape index (κ2) is 72.9. The molecular formula is C84H164O17P2. The summed E-state index contributed by atoms with van der Waals surface area (Å²) in [6, 6.07) is 0. The Hall–Kier alpha value is -1.94. The lowest BCUT2D eigenvalue weighted by atomic mass is 9.99. The van der Waals surface area contributed by atoms with Crippen LogP contribution in [0.25, 0.3) is 0 Å². The van der Waals surface area contributed by atoms with Crippen molar-refractivity contribution in [2.24, 2.45) is 23.7 Å². The van der Waals surface area contributed by atoms with Crippen molar-refractivity contribution in [2.45, 2.75) is 453 Å². The summed E-state index contributed by atoms with van der Waals surface area (Å²) in [6.45, 7) is 14.2. The highest BCUT2D eigenvalue weighted by Crippen LogP contribution is 2.45. The molecule has 0 amide bonds. The lowest BCUT2D eigenvalue weighted by Crippen LogP contribution is -2.30. The van der Waals surface area contributed by atoms with Crippen molar-refractivity contribution in [1.29, 1.82) is 0 Å². The summed E-state index contributed by atoms with van der Waals surface area (Å²) in [5.74, 6) is 0.982. The van der Waals surface area contributed by atoms with Gasteiger partial charge in [0.15, 0.2) is 12.2 Å². The number of aliphatic hydroxyl groups is 1. The van der Waals surface area contributed by atoms with E-state index in [0.29, 0.717) is 31.6 Å². The molecule has 0 aromatic heterocycles. The van der Waals surface area contributed by atoms with Gasteiger partial charge in [-0.3, -0.25) is 37.3 Å². The van der Waals surface area contributed by atoms with E-state index >= 15 is 0 Å². The second-order valence-corrected chi connectivity index (χ2v) is 34.8. The van der Waals surface area contributed by atoms with Crippen LogP contribution in [-0.2, 0) is 65.4 Å². The van der Waals surface area contributed by atoms with E-state index in [1.807, 2.05) is 0 Å². The van der Waals surface area contributed by atoms with Crippen LogP contribution in [0.4, 0.5) is 0 Å². The summed E-state index contributed by atoms with van der Waals surface area (Å²) in [5, 5.41) is 10.6. The molecule has 19 heteroatoms. The van der Waals surface area contributed by atoms with Gasteiger partial charge in [0.1, 0.15) is 19.3 Å². The monoisotopic (exact) mass is 1510 g/mol. The maximum atomic E-state index is 13.1. The Kier molecular flexibility index (Phi) is 71.5. The summed E-state index contributed by atoms with van der Waals surface area (Å²) >= 11 is 0. The van der Waals surface area contributed by atoms with Crippen LogP contribution in [0.1, 0.15) is 434 Å². The highest BCUT2D eigenvalue weighted by Gasteiger charge is 2.30. The first kappa shape index (κ1) is 101. The molecule has 0 bridgehead atoms. The SMILES string of the molecule is CCC(C)CCCCCCCCCCCCCCCCCCCCC(=O)O[C@H](COC(=O)CCCCCCCCCCC(C)C)COP(=O)(O)OCC(O)COP(=O)(O)OC[C@@H](COC(=O)CCCCCCCCC(C)C)OC(=O)CCCCCCCCCCCCCCCCCCCCC(C)C. The number of phosphoric ester groups is 2. The number of unbranched alkanes of at least 4 members (excludes halogenated alkanes) is 46. The highest BCUT2D eigenvalue weighted by atomic mass is 31.2. The molecule has 0 aliphatic heterocycles. The van der Waals surface area contributed by atoms with Gasteiger partial charge in [-0.15, -0.1) is 0 Å². The normalized spacial score (nSPS) is 14.2. The highest BCUT2D eigenvalue weighted by molar-refractivity contribution is 7.47. The van der Waals surface area contributed by atoms with Gasteiger partial charge < -0.3 is 33.8 Å². The Balaban J connectivity index is 5.13. The Bertz CT molecular complexity index is 2010. The number of carbonyl (C=O) groups is 4. The molecule has 4 unspecified atom stereocenters. The largest absolute Gasteiger partial charge is 0.472 e. The third-order valence-corrected chi connectivity index (χ3v) is 21.8. The quantitative estimate of drug-likeness (QED) is 0.0222. The first-order valence-corrected chi connectivity index (χ1v) is 46.2. The van der Waals surface area contributed by atoms with Crippen molar-refractivity contribution in [1.82, 2.24) is 0 Å². The number of ether oxygens (including phenoxy) is 4. The molecular weight excluding hydrogens is 1340 g/mol. The zero-order valence-electron chi connectivity index (χ0n) is 68.0. The molecule has 103 heavy (non-hydrogen) atoms. The van der Waals surface area contributed by atoms with Crippen molar-refractivity contribution >= 4 is 39.5 Å². The summed E-state index contributed by atoms with van der Waals surface area (Å²) in [7, 11) is -9.92. The molecule has 0 aromatic carbocycles. The van der Waals surface area contributed by atoms with E-state index in [2.05, 4.69) is 55.4 Å². The van der Waals surface area contributed by atoms with Gasteiger partial charge in [0, 0.05) is 25.7 Å². The van der Waals surface area contributed by atoms with Gasteiger partial charge in [0.2, 0.25) is 0 Å². The molecule has 612 valence electrons. The van der Waals surface area contributed by atoms with E-state index in [4.69, 9.17) is 37.0 Å². The minimum Gasteiger partial charge on any atom is -0.462 e. The minimum atomic E-state index is -4.96. The molecule has 0 fully saturated rings. The molecule has 0 aromatic rings. The van der Waals surface area contributed by atoms with E-state index in [9.17, 15) is 43.2 Å². The topological polar surface area (TPSA) is 237 Å². The van der Waals surface area contributed by atoms with Crippen LogP contribution in [0.2, 0.25) is 0 Å². The summed E-state index contributed by atoms with van der Waals surface area (Å²) < 4.78 is 68.7. The van der Waals surface area contributed by atoms with Crippen molar-refractivity contribution < 1.29 is 80.2 Å². The minimum absolute atomic E-state index is 0.107. The second-order valence-electron chi connectivity index (χ2n) is 31.9. The van der Waals surface area contributed by atoms with Gasteiger partial charge in [-0.1, -0.05) is 383 Å². The number of carbonyl (C=O) groups excluding carboxylic acids is 4. The van der Waals surface area contributed by atoms with Crippen LogP contribution in [-0.4, -0.2) is 96.7 Å². The molecule has 0 aliphatic carbocycles. The molecule has 0 saturated carbocycles. The van der Waals surface area contributed by atoms with Crippen molar-refractivity contribution in [2.75, 3.05) is 39.6 Å². The number of rotatable bonds is 81. The predicted molar refractivity (Wildman–Crippen MR) is 423 cm³/mol. The number of esters is 4. The van der Waals surface area contributed by atoms with Crippen molar-refractivity contribution in [3.05, 3.63) is 0 Å². The van der Waals surface area contributed by atoms with E-state index in [-0.39, 0.29) is 25.7 Å². The fourth-order valence-corrected chi connectivity index (χ4v) is 14.5. The Labute approximate surface area is 632 Å². The van der Waals surface area contributed by atoms with Crippen LogP contribution in [0.15, 0.2) is 0 Å². The third-order valence-electron chi connectivity index (χ3n) is 19.9. The fourth-order valence-electron chi connectivity index (χ4n) is 12.9. The molecule has 0 heterocycles. The molecule has 0 saturated heterocycles. The number of hydrogen-bond donors (Lipinski definition) is 3. The van der Waals surface area contributed by atoms with Crippen LogP contribution < -0.4 is 0 Å². The van der Waals surface area contributed by atoms with Gasteiger partial charge >= 0.3 is 39.5 Å². The predicted octanol–water partition coefficient (Wildman–Crippen LogP) is 25.2. The Morgan fingerprint density at radius 3 is 0.689 bits per heavy atom. The fraction of sp³-hybridized carbons (Fsp3) is 0.952. The molecule has 0 aliphatic rings. The summed E-state index contributed by atoms with van der Waals surface area (Å²) in [4.78, 5) is 73.0. The molecule has 3 N–H and O–H groups in total. The lowest BCUT2D eigenvalue weighted by molar-refractivity contribution is -0.161. The molecule has 0 spiro atoms. The molecule has 0 radical (unpaired) electrons. The molecule has 17 nitrogen and oxygen atoms in total. The van der Waals surface area contributed by atoms with Gasteiger partial charge in [0.25, 0.3) is 0 Å². The van der Waals surface area contributed by atoms with Crippen LogP contribution in [0.5, 0.6) is 0 Å². The van der Waals surface area contributed by atoms with Crippen LogP contribution in [0, 0.1) is 23.7 Å². The third kappa shape index (κ3) is 76.6. The average Bonchev–Trinajstić information content (AvgIpc) is 0.925. The summed E-state index contributed by atoms with van der Waals surface area (Å²) in [6.07, 6.45) is 61.4. The number of aliphatic hydroxyl groups excluding tert-OH is 1. The maximum Gasteiger partial charge on any atom is 0.472 e. The first-order valence-electron chi connectivity index (χ1n) is 43.2. The van der Waals surface area contributed by atoms with E-state index < -0.39 is 97.5 Å². The maximum absolute atomic E-state index is 13.1.